The van der Waals surface area contributed by atoms with Gasteiger partial charge in [0.05, 0.1) is 18.7 Å². The number of halogens is 1. The first-order chi connectivity index (χ1) is 17.2. The van der Waals surface area contributed by atoms with Crippen LogP contribution < -0.4 is 5.32 Å². The van der Waals surface area contributed by atoms with Gasteiger partial charge >= 0.3 is 18.0 Å². The molecule has 10 heteroatoms. The number of hydrogen-bond donors (Lipinski definition) is 1. The van der Waals surface area contributed by atoms with Crippen LogP contribution in [-0.4, -0.2) is 47.0 Å². The molecule has 1 aromatic carbocycles. The molecule has 9 nitrogen and oxygen atoms in total. The number of benzene rings is 1. The highest BCUT2D eigenvalue weighted by Crippen LogP contribution is 2.41. The Morgan fingerprint density at radius 3 is 2.11 bits per heavy atom. The molecule has 0 unspecified atom stereocenters. The smallest absolute Gasteiger partial charge is 0.419 e. The number of nitrogens with zero attached hydrogens (tertiary/aromatic N) is 1. The topological polar surface area (TPSA) is 109 Å². The maximum atomic E-state index is 13.3. The Hall–Kier alpha value is -3.27. The zero-order valence-corrected chi connectivity index (χ0v) is 24.0. The molecule has 0 radical (unpaired) electrons. The molecule has 37 heavy (non-hydrogen) atoms. The fourth-order valence-corrected chi connectivity index (χ4v) is 4.05. The fraction of sp³-hybridized carbons (Fsp3) is 0.444. The van der Waals surface area contributed by atoms with E-state index in [1.54, 1.807) is 52.8 Å². The SMILES string of the molecule is CCOC(=O)c1c(NC(C)(C)C)oc(-c2cn(C(=O)OC(C)(C)C)c3ccc(Br)cc23)c1C(=O)OCC. The number of fused-ring (bicyclic) bond motifs is 1. The quantitative estimate of drug-likeness (QED) is 0.246. The van der Waals surface area contributed by atoms with Crippen molar-refractivity contribution in [3.8, 4) is 11.3 Å². The Morgan fingerprint density at radius 1 is 0.973 bits per heavy atom. The van der Waals surface area contributed by atoms with E-state index in [-0.39, 0.29) is 36.0 Å². The van der Waals surface area contributed by atoms with Gasteiger partial charge < -0.3 is 23.9 Å². The predicted octanol–water partition coefficient (Wildman–Crippen LogP) is 7.01. The van der Waals surface area contributed by atoms with Crippen molar-refractivity contribution in [1.82, 2.24) is 4.57 Å². The van der Waals surface area contributed by atoms with Gasteiger partial charge in [-0.2, -0.15) is 0 Å². The van der Waals surface area contributed by atoms with Crippen LogP contribution in [0.5, 0.6) is 0 Å². The minimum absolute atomic E-state index is 0.0668. The summed E-state index contributed by atoms with van der Waals surface area (Å²) in [6, 6.07) is 5.34. The molecule has 0 saturated heterocycles. The third-order valence-corrected chi connectivity index (χ3v) is 5.45. The lowest BCUT2D eigenvalue weighted by molar-refractivity contribution is 0.0481. The van der Waals surface area contributed by atoms with Crippen molar-refractivity contribution in [2.45, 2.75) is 66.5 Å². The number of aromatic nitrogens is 1. The van der Waals surface area contributed by atoms with Crippen LogP contribution >= 0.6 is 15.9 Å². The molecule has 0 bridgehead atoms. The number of anilines is 1. The molecule has 0 spiro atoms. The summed E-state index contributed by atoms with van der Waals surface area (Å²) >= 11 is 3.48. The van der Waals surface area contributed by atoms with Crippen LogP contribution in [-0.2, 0) is 14.2 Å². The van der Waals surface area contributed by atoms with E-state index in [4.69, 9.17) is 18.6 Å². The van der Waals surface area contributed by atoms with Crippen LogP contribution in [0, 0.1) is 0 Å². The highest BCUT2D eigenvalue weighted by atomic mass is 79.9. The molecule has 2 heterocycles. The number of nitrogens with one attached hydrogen (secondary N) is 1. The Bertz CT molecular complexity index is 1340. The van der Waals surface area contributed by atoms with Crippen LogP contribution in [0.4, 0.5) is 10.7 Å². The van der Waals surface area contributed by atoms with E-state index < -0.39 is 29.2 Å². The molecule has 0 aliphatic carbocycles. The summed E-state index contributed by atoms with van der Waals surface area (Å²) in [6.45, 7) is 14.5. The lowest BCUT2D eigenvalue weighted by Crippen LogP contribution is -2.27. The summed E-state index contributed by atoms with van der Waals surface area (Å²) < 4.78 is 24.5. The maximum absolute atomic E-state index is 13.3. The maximum Gasteiger partial charge on any atom is 0.419 e. The van der Waals surface area contributed by atoms with Gasteiger partial charge in [0.1, 0.15) is 16.7 Å². The molecule has 1 N–H and O–H groups in total. The predicted molar refractivity (Wildman–Crippen MR) is 144 cm³/mol. The summed E-state index contributed by atoms with van der Waals surface area (Å²) in [7, 11) is 0. The van der Waals surface area contributed by atoms with Crippen LogP contribution in [0.25, 0.3) is 22.2 Å². The molecule has 0 aliphatic rings. The molecular weight excluding hydrogens is 544 g/mol. The molecule has 0 atom stereocenters. The molecule has 0 fully saturated rings. The van der Waals surface area contributed by atoms with Crippen molar-refractivity contribution in [2.24, 2.45) is 0 Å². The number of hydrogen-bond acceptors (Lipinski definition) is 8. The zero-order chi connectivity index (χ0) is 27.7. The third kappa shape index (κ3) is 6.36. The molecular formula is C27H33BrN2O7. The van der Waals surface area contributed by atoms with Crippen molar-refractivity contribution < 1.29 is 33.0 Å². The van der Waals surface area contributed by atoms with Crippen LogP contribution in [0.2, 0.25) is 0 Å². The molecule has 3 rings (SSSR count). The van der Waals surface area contributed by atoms with E-state index in [0.29, 0.717) is 16.5 Å². The first-order valence-corrected chi connectivity index (χ1v) is 12.8. The average Bonchev–Trinajstić information content (AvgIpc) is 3.29. The van der Waals surface area contributed by atoms with Gasteiger partial charge in [-0.05, 0) is 73.6 Å². The summed E-state index contributed by atoms with van der Waals surface area (Å²) in [4.78, 5) is 39.4. The average molecular weight is 577 g/mol. The number of furan rings is 1. The van der Waals surface area contributed by atoms with Crippen LogP contribution in [0.15, 0.2) is 33.3 Å². The Morgan fingerprint density at radius 2 is 1.57 bits per heavy atom. The van der Waals surface area contributed by atoms with Crippen molar-refractivity contribution in [2.75, 3.05) is 18.5 Å². The van der Waals surface area contributed by atoms with E-state index in [9.17, 15) is 14.4 Å². The van der Waals surface area contributed by atoms with Gasteiger partial charge in [-0.15, -0.1) is 0 Å². The first-order valence-electron chi connectivity index (χ1n) is 12.0. The van der Waals surface area contributed by atoms with E-state index in [1.165, 1.54) is 10.8 Å². The fourth-order valence-electron chi connectivity index (χ4n) is 3.69. The van der Waals surface area contributed by atoms with Gasteiger partial charge in [0, 0.05) is 27.2 Å². The lowest BCUT2D eigenvalue weighted by atomic mass is 10.0. The van der Waals surface area contributed by atoms with Gasteiger partial charge in [-0.3, -0.25) is 4.57 Å². The Kier molecular flexibility index (Phi) is 8.12. The summed E-state index contributed by atoms with van der Waals surface area (Å²) in [5.41, 5.74) is -0.478. The van der Waals surface area contributed by atoms with Crippen molar-refractivity contribution in [3.05, 3.63) is 40.0 Å². The molecule has 3 aromatic rings. The van der Waals surface area contributed by atoms with E-state index in [0.717, 1.165) is 4.47 Å². The standard InChI is InChI=1S/C27H33BrN2O7/c1-9-34-23(31)19-20(24(32)35-10-2)22(29-26(3,4)5)36-21(19)17-14-30(25(33)37-27(6,7)8)18-12-11-15(28)13-16(17)18/h11-14,29H,9-10H2,1-8H3. The number of esters is 2. The Balaban J connectivity index is 2.39. The minimum atomic E-state index is -0.751. The van der Waals surface area contributed by atoms with Crippen molar-refractivity contribution in [3.63, 3.8) is 0 Å². The Labute approximate surface area is 224 Å². The van der Waals surface area contributed by atoms with Gasteiger partial charge in [-0.1, -0.05) is 15.9 Å². The zero-order valence-electron chi connectivity index (χ0n) is 22.4. The summed E-state index contributed by atoms with van der Waals surface area (Å²) in [6.07, 6.45) is 0.927. The van der Waals surface area contributed by atoms with Crippen LogP contribution in [0.1, 0.15) is 76.1 Å². The summed E-state index contributed by atoms with van der Waals surface area (Å²) in [5.74, 6) is -1.35. The molecule has 0 aliphatic heterocycles. The van der Waals surface area contributed by atoms with Gasteiger partial charge in [0.25, 0.3) is 0 Å². The summed E-state index contributed by atoms with van der Waals surface area (Å²) in [5, 5.41) is 3.75. The number of rotatable bonds is 6. The van der Waals surface area contributed by atoms with E-state index >= 15 is 0 Å². The van der Waals surface area contributed by atoms with Gasteiger partial charge in [-0.25, -0.2) is 14.4 Å². The first kappa shape index (κ1) is 28.3. The second-order valence-corrected chi connectivity index (χ2v) is 11.3. The largest absolute Gasteiger partial charge is 0.462 e. The molecule has 0 saturated carbocycles. The molecule has 2 aromatic heterocycles. The number of carbonyl (C=O) groups excluding carboxylic acids is 3. The third-order valence-electron chi connectivity index (χ3n) is 4.96. The molecule has 200 valence electrons. The van der Waals surface area contributed by atoms with E-state index in [1.807, 2.05) is 20.8 Å². The normalized spacial score (nSPS) is 11.9. The van der Waals surface area contributed by atoms with Crippen molar-refractivity contribution in [1.29, 1.82) is 0 Å². The molecule has 0 amide bonds. The van der Waals surface area contributed by atoms with Crippen molar-refractivity contribution >= 4 is 50.7 Å². The van der Waals surface area contributed by atoms with Gasteiger partial charge in [0.15, 0.2) is 5.76 Å². The lowest BCUT2D eigenvalue weighted by Gasteiger charge is -2.20. The monoisotopic (exact) mass is 576 g/mol. The van der Waals surface area contributed by atoms with E-state index in [2.05, 4.69) is 21.2 Å². The van der Waals surface area contributed by atoms with Gasteiger partial charge in [0.2, 0.25) is 5.88 Å². The second-order valence-electron chi connectivity index (χ2n) is 10.4. The number of carbonyl (C=O) groups is 3. The van der Waals surface area contributed by atoms with Crippen LogP contribution in [0.3, 0.4) is 0 Å². The minimum Gasteiger partial charge on any atom is -0.462 e. The highest BCUT2D eigenvalue weighted by Gasteiger charge is 2.36. The second kappa shape index (κ2) is 10.6. The highest BCUT2D eigenvalue weighted by molar-refractivity contribution is 9.10. The number of ether oxygens (including phenoxy) is 3.